The Morgan fingerprint density at radius 2 is 2.19 bits per heavy atom. The van der Waals surface area contributed by atoms with Crippen molar-refractivity contribution in [3.63, 3.8) is 0 Å². The number of carbonyl (C=O) groups excluding carboxylic acids is 1. The average molecular weight is 283 g/mol. The van der Waals surface area contributed by atoms with Gasteiger partial charge in [0.15, 0.2) is 11.4 Å². The van der Waals surface area contributed by atoms with Crippen molar-refractivity contribution in [1.29, 1.82) is 0 Å². The summed E-state index contributed by atoms with van der Waals surface area (Å²) in [5, 5.41) is 5.27. The Balaban J connectivity index is 1.94. The Morgan fingerprint density at radius 1 is 1.29 bits per heavy atom. The van der Waals surface area contributed by atoms with Crippen molar-refractivity contribution in [2.45, 2.75) is 6.92 Å². The molecule has 0 aliphatic carbocycles. The van der Waals surface area contributed by atoms with Crippen molar-refractivity contribution in [1.82, 2.24) is 20.3 Å². The highest BCUT2D eigenvalue weighted by Gasteiger charge is 2.08. The predicted molar refractivity (Wildman–Crippen MR) is 77.7 cm³/mol. The van der Waals surface area contributed by atoms with Gasteiger partial charge in [-0.15, -0.1) is 0 Å². The van der Waals surface area contributed by atoms with Gasteiger partial charge in [0.1, 0.15) is 17.0 Å². The second-order valence-corrected chi connectivity index (χ2v) is 4.26. The summed E-state index contributed by atoms with van der Waals surface area (Å²) in [6.45, 7) is 2.39. The molecule has 2 N–H and O–H groups in total. The Bertz CT molecular complexity index is 770. The molecule has 3 aromatic heterocycles. The predicted octanol–water partition coefficient (Wildman–Crippen LogP) is 2.43. The fraction of sp³-hybridized carbons (Fsp3) is 0.143. The number of nitrogens with zero attached hydrogens (tertiary/aromatic N) is 3. The van der Waals surface area contributed by atoms with Crippen LogP contribution in [0.3, 0.4) is 0 Å². The number of rotatable bonds is 3. The molecule has 21 heavy (non-hydrogen) atoms. The average Bonchev–Trinajstić information content (AvgIpc) is 3.01. The zero-order valence-electron chi connectivity index (χ0n) is 11.3. The molecule has 3 aromatic rings. The number of hydrogen-bond donors (Lipinski definition) is 2. The van der Waals surface area contributed by atoms with Gasteiger partial charge >= 0.3 is 6.03 Å². The first kappa shape index (κ1) is 13.0. The lowest BCUT2D eigenvalue weighted by atomic mass is 10.3. The van der Waals surface area contributed by atoms with Gasteiger partial charge < -0.3 is 9.73 Å². The Kier molecular flexibility index (Phi) is 3.46. The molecule has 0 spiro atoms. The van der Waals surface area contributed by atoms with Gasteiger partial charge in [-0.2, -0.15) is 0 Å². The molecule has 7 heteroatoms. The molecule has 7 nitrogen and oxygen atoms in total. The topological polar surface area (TPSA) is 92.9 Å². The molecule has 0 aliphatic heterocycles. The fourth-order valence-electron chi connectivity index (χ4n) is 1.83. The van der Waals surface area contributed by atoms with Crippen molar-refractivity contribution in [3.05, 3.63) is 36.7 Å². The molecule has 3 rings (SSSR count). The summed E-state index contributed by atoms with van der Waals surface area (Å²) in [6, 6.07) is 6.70. The normalized spacial score (nSPS) is 10.5. The van der Waals surface area contributed by atoms with E-state index in [1.807, 2.05) is 6.92 Å². The number of pyridine rings is 1. The zero-order chi connectivity index (χ0) is 14.7. The molecule has 0 fully saturated rings. The summed E-state index contributed by atoms with van der Waals surface area (Å²) in [5.41, 5.74) is 1.68. The van der Waals surface area contributed by atoms with Crippen LogP contribution in [-0.4, -0.2) is 27.5 Å². The smallest absolute Gasteiger partial charge is 0.320 e. The van der Waals surface area contributed by atoms with E-state index in [9.17, 15) is 4.79 Å². The highest BCUT2D eigenvalue weighted by atomic mass is 16.3. The molecule has 0 aromatic carbocycles. The number of fused-ring (bicyclic) bond motifs is 1. The lowest BCUT2D eigenvalue weighted by molar-refractivity contribution is 0.252. The minimum Gasteiger partial charge on any atom is -0.463 e. The van der Waals surface area contributed by atoms with Crippen LogP contribution in [0.1, 0.15) is 6.92 Å². The first-order valence-corrected chi connectivity index (χ1v) is 6.49. The van der Waals surface area contributed by atoms with Crippen molar-refractivity contribution < 1.29 is 9.21 Å². The van der Waals surface area contributed by atoms with E-state index in [2.05, 4.69) is 25.6 Å². The van der Waals surface area contributed by atoms with Gasteiger partial charge in [-0.3, -0.25) is 10.3 Å². The Morgan fingerprint density at radius 3 is 2.95 bits per heavy atom. The van der Waals surface area contributed by atoms with E-state index in [1.54, 1.807) is 36.7 Å². The molecule has 3 heterocycles. The molecule has 0 saturated carbocycles. The van der Waals surface area contributed by atoms with E-state index in [-0.39, 0.29) is 6.03 Å². The first-order valence-electron chi connectivity index (χ1n) is 6.49. The quantitative estimate of drug-likeness (QED) is 0.770. The van der Waals surface area contributed by atoms with Gasteiger partial charge in [0.2, 0.25) is 0 Å². The largest absolute Gasteiger partial charge is 0.463 e. The molecule has 0 saturated heterocycles. The molecule has 0 atom stereocenters. The second kappa shape index (κ2) is 5.58. The van der Waals surface area contributed by atoms with Gasteiger partial charge in [-0.25, -0.2) is 14.8 Å². The third-order valence-electron chi connectivity index (χ3n) is 2.76. The van der Waals surface area contributed by atoms with Crippen LogP contribution in [0.25, 0.3) is 22.6 Å². The molecule has 0 bridgehead atoms. The van der Waals surface area contributed by atoms with E-state index in [0.717, 1.165) is 0 Å². The third-order valence-corrected chi connectivity index (χ3v) is 2.76. The SMILES string of the molecule is CCNC(=O)Nc1ccc2ncc(-c3ccco3)nc2n1. The minimum absolute atomic E-state index is 0.306. The number of urea groups is 1. The van der Waals surface area contributed by atoms with E-state index < -0.39 is 0 Å². The molecular formula is C14H13N5O2. The number of nitrogens with one attached hydrogen (secondary N) is 2. The van der Waals surface area contributed by atoms with Crippen LogP contribution in [0.2, 0.25) is 0 Å². The number of carbonyl (C=O) groups is 1. The third kappa shape index (κ3) is 2.81. The summed E-state index contributed by atoms with van der Waals surface area (Å²) in [4.78, 5) is 24.4. The van der Waals surface area contributed by atoms with Gasteiger partial charge in [0.05, 0.1) is 12.5 Å². The number of hydrogen-bond acceptors (Lipinski definition) is 5. The van der Waals surface area contributed by atoms with E-state index in [4.69, 9.17) is 4.42 Å². The Hall–Kier alpha value is -2.96. The van der Waals surface area contributed by atoms with Crippen molar-refractivity contribution in [2.24, 2.45) is 0 Å². The van der Waals surface area contributed by atoms with Crippen LogP contribution in [0, 0.1) is 0 Å². The summed E-state index contributed by atoms with van der Waals surface area (Å²) >= 11 is 0. The number of aromatic nitrogens is 3. The summed E-state index contributed by atoms with van der Waals surface area (Å²) in [6.07, 6.45) is 3.20. The van der Waals surface area contributed by atoms with Gasteiger partial charge in [0.25, 0.3) is 0 Å². The minimum atomic E-state index is -0.306. The van der Waals surface area contributed by atoms with Gasteiger partial charge in [-0.1, -0.05) is 0 Å². The second-order valence-electron chi connectivity index (χ2n) is 4.26. The lowest BCUT2D eigenvalue weighted by Gasteiger charge is -2.05. The van der Waals surface area contributed by atoms with Crippen molar-refractivity contribution >= 4 is 23.0 Å². The van der Waals surface area contributed by atoms with Crippen molar-refractivity contribution in [2.75, 3.05) is 11.9 Å². The van der Waals surface area contributed by atoms with E-state index in [1.165, 1.54) is 0 Å². The van der Waals surface area contributed by atoms with Crippen LogP contribution in [0.15, 0.2) is 41.1 Å². The maximum absolute atomic E-state index is 11.5. The maximum Gasteiger partial charge on any atom is 0.320 e. The van der Waals surface area contributed by atoms with Crippen LogP contribution in [-0.2, 0) is 0 Å². The number of anilines is 1. The molecule has 0 aliphatic rings. The van der Waals surface area contributed by atoms with Crippen LogP contribution < -0.4 is 10.6 Å². The monoisotopic (exact) mass is 283 g/mol. The molecular weight excluding hydrogens is 270 g/mol. The zero-order valence-corrected chi connectivity index (χ0v) is 11.3. The van der Waals surface area contributed by atoms with Crippen LogP contribution in [0.4, 0.5) is 10.6 Å². The maximum atomic E-state index is 11.5. The van der Waals surface area contributed by atoms with E-state index in [0.29, 0.717) is 35.0 Å². The highest BCUT2D eigenvalue weighted by molar-refractivity contribution is 5.89. The highest BCUT2D eigenvalue weighted by Crippen LogP contribution is 2.19. The summed E-state index contributed by atoms with van der Waals surface area (Å²) in [7, 11) is 0. The summed E-state index contributed by atoms with van der Waals surface area (Å²) in [5.74, 6) is 1.03. The number of furan rings is 1. The van der Waals surface area contributed by atoms with Gasteiger partial charge in [0, 0.05) is 6.54 Å². The fourth-order valence-corrected chi connectivity index (χ4v) is 1.83. The van der Waals surface area contributed by atoms with Crippen LogP contribution in [0.5, 0.6) is 0 Å². The van der Waals surface area contributed by atoms with E-state index >= 15 is 0 Å². The molecule has 2 amide bonds. The number of amides is 2. The van der Waals surface area contributed by atoms with Crippen LogP contribution >= 0.6 is 0 Å². The first-order chi connectivity index (χ1) is 10.3. The molecule has 106 valence electrons. The van der Waals surface area contributed by atoms with Gasteiger partial charge in [-0.05, 0) is 31.2 Å². The van der Waals surface area contributed by atoms with Crippen molar-refractivity contribution in [3.8, 4) is 11.5 Å². The molecule has 0 radical (unpaired) electrons. The summed E-state index contributed by atoms with van der Waals surface area (Å²) < 4.78 is 5.29. The standard InChI is InChI=1S/C14H13N5O2/c1-2-15-14(20)19-12-6-5-9-13(18-12)17-10(8-16-9)11-4-3-7-21-11/h3-8H,2H2,1H3,(H2,15,17,18,19,20). The molecule has 0 unspecified atom stereocenters. The Labute approximate surface area is 120 Å². The lowest BCUT2D eigenvalue weighted by Crippen LogP contribution is -2.28.